The summed E-state index contributed by atoms with van der Waals surface area (Å²) < 4.78 is 37.4. The zero-order valence-electron chi connectivity index (χ0n) is 19.2. The number of hydrogen-bond donors (Lipinski definition) is 0. The average Bonchev–Trinajstić information content (AvgIpc) is 3.59. The van der Waals surface area contributed by atoms with E-state index in [1.807, 2.05) is 0 Å². The number of carbonyl (C=O) groups excluding carboxylic acids is 1. The summed E-state index contributed by atoms with van der Waals surface area (Å²) >= 11 is 2.53. The van der Waals surface area contributed by atoms with Gasteiger partial charge in [0.1, 0.15) is 18.0 Å². The lowest BCUT2D eigenvalue weighted by Gasteiger charge is -2.60. The van der Waals surface area contributed by atoms with Crippen molar-refractivity contribution in [1.29, 1.82) is 0 Å². The molecular formula is C25H33IO7. The molecule has 7 atom stereocenters. The van der Waals surface area contributed by atoms with Gasteiger partial charge in [-0.25, -0.2) is 0 Å². The van der Waals surface area contributed by atoms with Crippen LogP contribution in [0.15, 0.2) is 11.6 Å². The number of halogens is 1. The number of ether oxygens (including phenoxy) is 6. The van der Waals surface area contributed by atoms with Crippen LogP contribution in [0.2, 0.25) is 0 Å². The summed E-state index contributed by atoms with van der Waals surface area (Å²) in [5.41, 5.74) is 0.391. The average molecular weight is 572 g/mol. The van der Waals surface area contributed by atoms with Crippen molar-refractivity contribution in [2.45, 2.75) is 69.0 Å². The fourth-order valence-corrected chi connectivity index (χ4v) is 10.5. The number of fused-ring (bicyclic) bond motifs is 7. The van der Waals surface area contributed by atoms with Crippen LogP contribution in [0.5, 0.6) is 0 Å². The van der Waals surface area contributed by atoms with Gasteiger partial charge in [0.05, 0.1) is 13.2 Å². The summed E-state index contributed by atoms with van der Waals surface area (Å²) in [6.07, 6.45) is 8.46. The van der Waals surface area contributed by atoms with E-state index in [9.17, 15) is 4.79 Å². The Bertz CT molecular complexity index is 888. The zero-order valence-corrected chi connectivity index (χ0v) is 21.4. The molecule has 0 aromatic heterocycles. The molecule has 1 unspecified atom stereocenters. The van der Waals surface area contributed by atoms with Gasteiger partial charge in [0.2, 0.25) is 5.79 Å². The Morgan fingerprint density at radius 1 is 1.03 bits per heavy atom. The van der Waals surface area contributed by atoms with E-state index in [-0.39, 0.29) is 30.3 Å². The molecule has 0 aromatic rings. The van der Waals surface area contributed by atoms with E-state index < -0.39 is 17.2 Å². The Morgan fingerprint density at radius 3 is 2.61 bits per heavy atom. The van der Waals surface area contributed by atoms with Gasteiger partial charge >= 0.3 is 0 Å². The Morgan fingerprint density at radius 2 is 1.85 bits per heavy atom. The Labute approximate surface area is 208 Å². The smallest absolute Gasteiger partial charge is 0.226 e. The molecule has 3 spiro atoms. The number of rotatable bonds is 1. The molecule has 0 bridgehead atoms. The summed E-state index contributed by atoms with van der Waals surface area (Å²) in [5, 5.41) is 0. The van der Waals surface area contributed by atoms with E-state index in [0.717, 1.165) is 43.0 Å². The van der Waals surface area contributed by atoms with Crippen molar-refractivity contribution < 1.29 is 33.2 Å². The lowest BCUT2D eigenvalue weighted by molar-refractivity contribution is -0.246. The zero-order chi connectivity index (χ0) is 22.5. The number of carbonyl (C=O) groups is 1. The van der Waals surface area contributed by atoms with Crippen LogP contribution >= 0.6 is 22.6 Å². The summed E-state index contributed by atoms with van der Waals surface area (Å²) in [4.78, 5) is 14.2. The second kappa shape index (κ2) is 7.23. The molecule has 3 saturated heterocycles. The lowest BCUT2D eigenvalue weighted by Crippen LogP contribution is -2.66. The number of allylic oxidation sites excluding steroid dienone is 1. The number of ketones is 1. The second-order valence-corrected chi connectivity index (χ2v) is 12.2. The van der Waals surface area contributed by atoms with Crippen molar-refractivity contribution in [3.63, 3.8) is 0 Å². The molecule has 4 aliphatic carbocycles. The second-order valence-electron chi connectivity index (χ2n) is 11.5. The highest BCUT2D eigenvalue weighted by Gasteiger charge is 2.77. The van der Waals surface area contributed by atoms with E-state index in [1.54, 1.807) is 0 Å². The molecule has 7 nitrogen and oxygen atoms in total. The molecule has 33 heavy (non-hydrogen) atoms. The van der Waals surface area contributed by atoms with E-state index in [0.29, 0.717) is 43.9 Å². The van der Waals surface area contributed by atoms with Crippen LogP contribution in [0.1, 0.15) is 51.9 Å². The molecule has 0 aromatic carbocycles. The van der Waals surface area contributed by atoms with E-state index in [2.05, 4.69) is 35.6 Å². The molecule has 0 amide bonds. The van der Waals surface area contributed by atoms with Gasteiger partial charge in [0.15, 0.2) is 19.4 Å². The van der Waals surface area contributed by atoms with Gasteiger partial charge in [-0.3, -0.25) is 4.79 Å². The Hall–Kier alpha value is -0.100. The quantitative estimate of drug-likeness (QED) is 0.270. The normalized spacial score (nSPS) is 52.4. The number of alkyl halides is 1. The Kier molecular flexibility index (Phi) is 4.85. The van der Waals surface area contributed by atoms with Crippen LogP contribution in [0.3, 0.4) is 0 Å². The molecule has 0 N–H and O–H groups in total. The lowest BCUT2D eigenvalue weighted by atomic mass is 9.46. The van der Waals surface area contributed by atoms with E-state index in [1.165, 1.54) is 5.57 Å². The maximum atomic E-state index is 14.2. The van der Waals surface area contributed by atoms with Crippen molar-refractivity contribution in [3.05, 3.63) is 11.6 Å². The largest absolute Gasteiger partial charge is 0.350 e. The molecule has 3 saturated carbocycles. The molecule has 3 heterocycles. The maximum absolute atomic E-state index is 14.2. The molecule has 7 rings (SSSR count). The van der Waals surface area contributed by atoms with Crippen LogP contribution in [0.25, 0.3) is 0 Å². The highest BCUT2D eigenvalue weighted by atomic mass is 127. The molecule has 0 radical (unpaired) electrons. The fourth-order valence-electron chi connectivity index (χ4n) is 9.19. The highest BCUT2D eigenvalue weighted by Crippen LogP contribution is 2.71. The SMILES string of the molecule is C[C@]12CC(=O)[C@H]3[C@@H](CC=C4CC5(CC[C@@]43CI)OCCO5)[C@@H]1CC[C@@]21OCOC12COCO2. The van der Waals surface area contributed by atoms with Crippen LogP contribution in [-0.4, -0.2) is 60.8 Å². The first-order valence-electron chi connectivity index (χ1n) is 12.5. The van der Waals surface area contributed by atoms with Gasteiger partial charge in [0.25, 0.3) is 0 Å². The number of hydrogen-bond acceptors (Lipinski definition) is 7. The first kappa shape index (κ1) is 22.1. The first-order valence-corrected chi connectivity index (χ1v) is 14.0. The van der Waals surface area contributed by atoms with Gasteiger partial charge in [-0.2, -0.15) is 0 Å². The minimum absolute atomic E-state index is 0.0698. The van der Waals surface area contributed by atoms with Crippen LogP contribution in [-0.2, 0) is 33.2 Å². The third kappa shape index (κ3) is 2.59. The number of Topliss-reactive ketones (excluding diaryl/α,β-unsaturated/α-hetero) is 1. The van der Waals surface area contributed by atoms with Crippen LogP contribution in [0.4, 0.5) is 0 Å². The van der Waals surface area contributed by atoms with Crippen molar-refractivity contribution in [3.8, 4) is 0 Å². The molecule has 7 aliphatic rings. The summed E-state index contributed by atoms with van der Waals surface area (Å²) in [5.74, 6) is -0.142. The van der Waals surface area contributed by atoms with Crippen molar-refractivity contribution >= 4 is 28.4 Å². The van der Waals surface area contributed by atoms with Crippen molar-refractivity contribution in [2.24, 2.45) is 28.6 Å². The minimum Gasteiger partial charge on any atom is -0.350 e. The third-order valence-corrected chi connectivity index (χ3v) is 12.0. The predicted octanol–water partition coefficient (Wildman–Crippen LogP) is 3.73. The topological polar surface area (TPSA) is 72.5 Å². The van der Waals surface area contributed by atoms with E-state index in [4.69, 9.17) is 28.4 Å². The van der Waals surface area contributed by atoms with Crippen molar-refractivity contribution in [1.82, 2.24) is 0 Å². The van der Waals surface area contributed by atoms with Gasteiger partial charge in [-0.1, -0.05) is 41.2 Å². The standard InChI is InChI=1S/C25H33IO7/c1-21-11-19(27)20-17(18(21)4-5-24(21)25(33-15-31-24)13-28-14-32-25)3-2-16-10-23(29-8-9-30-23)7-6-22(16,20)12-26/h2,17-18,20H,3-15H2,1H3/t17-,18-,20+,21-,22+,24+,25?/m0/s1. The van der Waals surface area contributed by atoms with Crippen LogP contribution in [0, 0.1) is 28.6 Å². The van der Waals surface area contributed by atoms with Gasteiger partial charge in [0, 0.05) is 40.4 Å². The molecule has 6 fully saturated rings. The monoisotopic (exact) mass is 572 g/mol. The fraction of sp³-hybridized carbons (Fsp3) is 0.880. The molecule has 3 aliphatic heterocycles. The molecular weight excluding hydrogens is 539 g/mol. The van der Waals surface area contributed by atoms with Crippen LogP contribution < -0.4 is 0 Å². The first-order chi connectivity index (χ1) is 15.9. The van der Waals surface area contributed by atoms with Crippen molar-refractivity contribution in [2.75, 3.05) is 37.8 Å². The summed E-state index contributed by atoms with van der Waals surface area (Å²) in [6.45, 7) is 4.42. The minimum atomic E-state index is -0.880. The van der Waals surface area contributed by atoms with E-state index >= 15 is 0 Å². The van der Waals surface area contributed by atoms with Gasteiger partial charge < -0.3 is 28.4 Å². The maximum Gasteiger partial charge on any atom is 0.226 e. The molecule has 8 heteroatoms. The predicted molar refractivity (Wildman–Crippen MR) is 124 cm³/mol. The third-order valence-electron chi connectivity index (χ3n) is 10.6. The summed E-state index contributed by atoms with van der Waals surface area (Å²) in [7, 11) is 0. The molecule has 182 valence electrons. The highest BCUT2D eigenvalue weighted by molar-refractivity contribution is 14.1. The van der Waals surface area contributed by atoms with Gasteiger partial charge in [-0.05, 0) is 37.5 Å². The van der Waals surface area contributed by atoms with Gasteiger partial charge in [-0.15, -0.1) is 0 Å². The Balaban J connectivity index is 1.27. The summed E-state index contributed by atoms with van der Waals surface area (Å²) in [6, 6.07) is 0.